The van der Waals surface area contributed by atoms with Crippen LogP contribution in [0.25, 0.3) is 0 Å². The predicted octanol–water partition coefficient (Wildman–Crippen LogP) is 3.39. The van der Waals surface area contributed by atoms with E-state index in [1.54, 1.807) is 0 Å². The third-order valence-corrected chi connectivity index (χ3v) is 4.86. The minimum absolute atomic E-state index is 0.0299. The van der Waals surface area contributed by atoms with Crippen molar-refractivity contribution in [1.29, 1.82) is 0 Å². The quantitative estimate of drug-likeness (QED) is 0.835. The molecular weight excluding hydrogens is 262 g/mol. The van der Waals surface area contributed by atoms with Gasteiger partial charge in [-0.1, -0.05) is 33.6 Å². The van der Waals surface area contributed by atoms with Gasteiger partial charge in [0.15, 0.2) is 5.82 Å². The topological polar surface area (TPSA) is 46.8 Å². The second kappa shape index (κ2) is 6.86. The number of tetrazole rings is 1. The first kappa shape index (κ1) is 16.4. The highest BCUT2D eigenvalue weighted by Gasteiger charge is 2.33. The molecule has 0 saturated carbocycles. The monoisotopic (exact) mass is 293 g/mol. The maximum Gasteiger partial charge on any atom is 0.169 e. The zero-order valence-corrected chi connectivity index (χ0v) is 14.3. The van der Waals surface area contributed by atoms with Crippen LogP contribution in [0.4, 0.5) is 0 Å². The molecule has 120 valence electrons. The van der Waals surface area contributed by atoms with Gasteiger partial charge in [-0.15, -0.1) is 5.10 Å². The highest BCUT2D eigenvalue weighted by molar-refractivity contribution is 4.99. The summed E-state index contributed by atoms with van der Waals surface area (Å²) in [6.07, 6.45) is 6.32. The fraction of sp³-hybridized carbons (Fsp3) is 0.938. The molecule has 1 aliphatic rings. The molecule has 1 aliphatic heterocycles. The van der Waals surface area contributed by atoms with Crippen molar-refractivity contribution in [3.8, 4) is 0 Å². The maximum atomic E-state index is 4.42. The molecule has 1 aromatic rings. The van der Waals surface area contributed by atoms with E-state index in [4.69, 9.17) is 0 Å². The standard InChI is InChI=1S/C16H31N5/c1-6-16(4,5)21-15(17-18-19-21)14(13(2)3)20-11-9-7-8-10-12-20/h13-14H,6-12H2,1-5H3/t14-/m1/s1. The summed E-state index contributed by atoms with van der Waals surface area (Å²) in [5.74, 6) is 1.55. The van der Waals surface area contributed by atoms with Crippen LogP contribution in [0.1, 0.15) is 78.6 Å². The van der Waals surface area contributed by atoms with E-state index in [0.29, 0.717) is 12.0 Å². The number of likely N-dealkylation sites (tertiary alicyclic amines) is 1. The molecule has 0 aromatic carbocycles. The van der Waals surface area contributed by atoms with E-state index >= 15 is 0 Å². The third kappa shape index (κ3) is 3.62. The Morgan fingerprint density at radius 1 is 1.10 bits per heavy atom. The number of hydrogen-bond acceptors (Lipinski definition) is 4. The Morgan fingerprint density at radius 3 is 2.24 bits per heavy atom. The third-order valence-electron chi connectivity index (χ3n) is 4.86. The smallest absolute Gasteiger partial charge is 0.169 e. The Kier molecular flexibility index (Phi) is 5.36. The summed E-state index contributed by atoms with van der Waals surface area (Å²) in [6, 6.07) is 0.323. The van der Waals surface area contributed by atoms with E-state index in [9.17, 15) is 0 Å². The number of aromatic nitrogens is 4. The Morgan fingerprint density at radius 2 is 1.71 bits per heavy atom. The van der Waals surface area contributed by atoms with Crippen LogP contribution >= 0.6 is 0 Å². The van der Waals surface area contributed by atoms with Gasteiger partial charge in [-0.2, -0.15) is 0 Å². The van der Waals surface area contributed by atoms with Crippen LogP contribution in [0.15, 0.2) is 0 Å². The molecule has 1 aromatic heterocycles. The van der Waals surface area contributed by atoms with E-state index < -0.39 is 0 Å². The van der Waals surface area contributed by atoms with Crippen molar-refractivity contribution in [2.24, 2.45) is 5.92 Å². The lowest BCUT2D eigenvalue weighted by atomic mass is 9.98. The molecule has 1 fully saturated rings. The molecular formula is C16H31N5. The Bertz CT molecular complexity index is 430. The largest absolute Gasteiger partial charge is 0.293 e. The van der Waals surface area contributed by atoms with E-state index in [1.165, 1.54) is 38.8 Å². The summed E-state index contributed by atoms with van der Waals surface area (Å²) in [6.45, 7) is 13.5. The van der Waals surface area contributed by atoms with Gasteiger partial charge < -0.3 is 0 Å². The highest BCUT2D eigenvalue weighted by Crippen LogP contribution is 2.32. The Labute approximate surface area is 129 Å². The molecule has 1 saturated heterocycles. The van der Waals surface area contributed by atoms with Crippen molar-refractivity contribution < 1.29 is 0 Å². The molecule has 2 rings (SSSR count). The van der Waals surface area contributed by atoms with Gasteiger partial charge in [0, 0.05) is 0 Å². The molecule has 0 radical (unpaired) electrons. The molecule has 5 heteroatoms. The van der Waals surface area contributed by atoms with Crippen LogP contribution in [0, 0.1) is 5.92 Å². The van der Waals surface area contributed by atoms with Gasteiger partial charge in [0.25, 0.3) is 0 Å². The van der Waals surface area contributed by atoms with Crippen molar-refractivity contribution in [3.63, 3.8) is 0 Å². The molecule has 0 bridgehead atoms. The molecule has 0 amide bonds. The van der Waals surface area contributed by atoms with Crippen molar-refractivity contribution in [2.45, 2.75) is 78.3 Å². The summed E-state index contributed by atoms with van der Waals surface area (Å²) in [5, 5.41) is 12.7. The van der Waals surface area contributed by atoms with Crippen LogP contribution in [0.5, 0.6) is 0 Å². The Balaban J connectivity index is 2.32. The lowest BCUT2D eigenvalue weighted by Crippen LogP contribution is -2.38. The summed E-state index contributed by atoms with van der Waals surface area (Å²) < 4.78 is 2.06. The average molecular weight is 293 g/mol. The normalized spacial score (nSPS) is 19.7. The molecule has 5 nitrogen and oxygen atoms in total. The fourth-order valence-electron chi connectivity index (χ4n) is 3.22. The van der Waals surface area contributed by atoms with E-state index in [-0.39, 0.29) is 5.54 Å². The predicted molar refractivity (Wildman–Crippen MR) is 85.1 cm³/mol. The minimum atomic E-state index is -0.0299. The molecule has 0 spiro atoms. The molecule has 0 N–H and O–H groups in total. The Hall–Kier alpha value is -0.970. The van der Waals surface area contributed by atoms with Crippen LogP contribution in [-0.2, 0) is 5.54 Å². The van der Waals surface area contributed by atoms with E-state index in [0.717, 1.165) is 12.2 Å². The zero-order valence-electron chi connectivity index (χ0n) is 14.3. The fourth-order valence-corrected chi connectivity index (χ4v) is 3.22. The highest BCUT2D eigenvalue weighted by atomic mass is 15.6. The first-order chi connectivity index (χ1) is 9.97. The second-order valence-corrected chi connectivity index (χ2v) is 7.25. The van der Waals surface area contributed by atoms with E-state index in [1.807, 2.05) is 0 Å². The van der Waals surface area contributed by atoms with Gasteiger partial charge in [0.2, 0.25) is 0 Å². The van der Waals surface area contributed by atoms with Crippen LogP contribution in [-0.4, -0.2) is 38.2 Å². The van der Waals surface area contributed by atoms with Crippen LogP contribution in [0.2, 0.25) is 0 Å². The van der Waals surface area contributed by atoms with Crippen LogP contribution < -0.4 is 0 Å². The van der Waals surface area contributed by atoms with Gasteiger partial charge in [-0.25, -0.2) is 4.68 Å². The zero-order chi connectivity index (χ0) is 15.5. The molecule has 0 aliphatic carbocycles. The van der Waals surface area contributed by atoms with Gasteiger partial charge in [0.05, 0.1) is 11.6 Å². The lowest BCUT2D eigenvalue weighted by Gasteiger charge is -2.35. The number of hydrogen-bond donors (Lipinski definition) is 0. The summed E-state index contributed by atoms with van der Waals surface area (Å²) in [4.78, 5) is 2.60. The van der Waals surface area contributed by atoms with Crippen molar-refractivity contribution in [2.75, 3.05) is 13.1 Å². The molecule has 2 heterocycles. The summed E-state index contributed by atoms with van der Waals surface area (Å²) in [7, 11) is 0. The van der Waals surface area contributed by atoms with Crippen LogP contribution in [0.3, 0.4) is 0 Å². The SMILES string of the molecule is CCC(C)(C)n1nnnc1[C@@H](C(C)C)N1CCCCCC1. The van der Waals surface area contributed by atoms with Gasteiger partial charge in [0.1, 0.15) is 0 Å². The van der Waals surface area contributed by atoms with Gasteiger partial charge in [-0.05, 0) is 62.5 Å². The summed E-state index contributed by atoms with van der Waals surface area (Å²) in [5.41, 5.74) is -0.0299. The van der Waals surface area contributed by atoms with Crippen molar-refractivity contribution in [1.82, 2.24) is 25.1 Å². The van der Waals surface area contributed by atoms with Gasteiger partial charge >= 0.3 is 0 Å². The maximum absolute atomic E-state index is 4.42. The second-order valence-electron chi connectivity index (χ2n) is 7.25. The molecule has 1 atom stereocenters. The average Bonchev–Trinajstić information content (AvgIpc) is 2.76. The first-order valence-electron chi connectivity index (χ1n) is 8.50. The van der Waals surface area contributed by atoms with Gasteiger partial charge in [-0.3, -0.25) is 4.90 Å². The van der Waals surface area contributed by atoms with Crippen molar-refractivity contribution >= 4 is 0 Å². The minimum Gasteiger partial charge on any atom is -0.293 e. The number of rotatable bonds is 5. The lowest BCUT2D eigenvalue weighted by molar-refractivity contribution is 0.138. The summed E-state index contributed by atoms with van der Waals surface area (Å²) >= 11 is 0. The molecule has 21 heavy (non-hydrogen) atoms. The first-order valence-corrected chi connectivity index (χ1v) is 8.50. The van der Waals surface area contributed by atoms with E-state index in [2.05, 4.69) is 59.7 Å². The van der Waals surface area contributed by atoms with Crippen molar-refractivity contribution in [3.05, 3.63) is 5.82 Å². The molecule has 0 unspecified atom stereocenters. The number of nitrogens with zero attached hydrogens (tertiary/aromatic N) is 5.